The zero-order valence-corrected chi connectivity index (χ0v) is 12.4. The topological polar surface area (TPSA) is 84.3 Å². The fourth-order valence-corrected chi connectivity index (χ4v) is 1.50. The van der Waals surface area contributed by atoms with Gasteiger partial charge in [-0.2, -0.15) is 0 Å². The lowest BCUT2D eigenvalue weighted by Gasteiger charge is -2.18. The first-order valence-electron chi connectivity index (χ1n) is 5.64. The van der Waals surface area contributed by atoms with Crippen molar-refractivity contribution in [2.75, 3.05) is 5.32 Å². The fraction of sp³-hybridized carbons (Fsp3) is 0.583. The van der Waals surface area contributed by atoms with Crippen molar-refractivity contribution in [2.45, 2.75) is 45.8 Å². The van der Waals surface area contributed by atoms with Crippen LogP contribution in [-0.2, 0) is 4.74 Å². The van der Waals surface area contributed by atoms with Crippen LogP contribution >= 0.6 is 11.3 Å². The predicted octanol–water partition coefficient (Wildman–Crippen LogP) is 2.01. The second-order valence-electron chi connectivity index (χ2n) is 5.35. The van der Waals surface area contributed by atoms with Gasteiger partial charge in [0, 0.05) is 0 Å². The maximum absolute atomic E-state index is 11.5. The molecule has 0 aliphatic heterocycles. The molecule has 104 valence electrons. The Labute approximate surface area is 116 Å². The van der Waals surface area contributed by atoms with E-state index in [1.54, 1.807) is 34.6 Å². The first-order chi connectivity index (χ1) is 8.55. The van der Waals surface area contributed by atoms with Crippen molar-refractivity contribution in [3.05, 3.63) is 5.01 Å². The molecule has 0 aliphatic rings. The molecule has 0 unspecified atom stereocenters. The molecule has 0 radical (unpaired) electrons. The van der Waals surface area contributed by atoms with Crippen LogP contribution < -0.4 is 5.32 Å². The number of nitrogens with zero attached hydrogens (tertiary/aromatic N) is 2. The van der Waals surface area contributed by atoms with Crippen LogP contribution in [0.1, 0.15) is 39.6 Å². The summed E-state index contributed by atoms with van der Waals surface area (Å²) in [6, 6.07) is 0. The van der Waals surface area contributed by atoms with Crippen molar-refractivity contribution >= 4 is 22.6 Å². The number of aromatic nitrogens is 2. The zero-order valence-electron chi connectivity index (χ0n) is 11.6. The van der Waals surface area contributed by atoms with Gasteiger partial charge in [-0.3, -0.25) is 5.32 Å². The first-order valence-corrected chi connectivity index (χ1v) is 6.46. The maximum Gasteiger partial charge on any atom is 0.414 e. The molecule has 7 heteroatoms. The van der Waals surface area contributed by atoms with E-state index in [2.05, 4.69) is 27.4 Å². The number of anilines is 1. The average molecular weight is 283 g/mol. The number of rotatable bonds is 1. The van der Waals surface area contributed by atoms with Gasteiger partial charge in [0.2, 0.25) is 5.13 Å². The number of carbonyl (C=O) groups excluding carboxylic acids is 1. The summed E-state index contributed by atoms with van der Waals surface area (Å²) < 4.78 is 5.08. The molecular formula is C12H17N3O3S. The molecule has 1 aromatic heterocycles. The van der Waals surface area contributed by atoms with E-state index in [0.717, 1.165) is 11.3 Å². The molecule has 6 nitrogen and oxygen atoms in total. The number of aliphatic hydroxyl groups is 1. The Kier molecular flexibility index (Phi) is 4.50. The number of carbonyl (C=O) groups is 1. The molecule has 1 aromatic rings. The van der Waals surface area contributed by atoms with E-state index < -0.39 is 17.3 Å². The van der Waals surface area contributed by atoms with E-state index >= 15 is 0 Å². The number of hydrogen-bond acceptors (Lipinski definition) is 6. The second-order valence-corrected chi connectivity index (χ2v) is 6.33. The van der Waals surface area contributed by atoms with Crippen molar-refractivity contribution < 1.29 is 14.6 Å². The van der Waals surface area contributed by atoms with Gasteiger partial charge in [0.1, 0.15) is 11.2 Å². The Morgan fingerprint density at radius 3 is 2.47 bits per heavy atom. The van der Waals surface area contributed by atoms with Crippen LogP contribution in [0.2, 0.25) is 0 Å². The van der Waals surface area contributed by atoms with E-state index in [0.29, 0.717) is 10.1 Å². The summed E-state index contributed by atoms with van der Waals surface area (Å²) in [6.07, 6.45) is -0.592. The van der Waals surface area contributed by atoms with Gasteiger partial charge in [-0.1, -0.05) is 17.3 Å². The fourth-order valence-electron chi connectivity index (χ4n) is 0.922. The molecule has 0 aromatic carbocycles. The zero-order chi connectivity index (χ0) is 14.7. The van der Waals surface area contributed by atoms with Crippen molar-refractivity contribution in [1.82, 2.24) is 10.2 Å². The highest BCUT2D eigenvalue weighted by Gasteiger charge is 2.17. The molecule has 0 bridgehead atoms. The quantitative estimate of drug-likeness (QED) is 0.770. The molecule has 0 atom stereocenters. The Bertz CT molecular complexity index is 515. The third-order valence-corrected chi connectivity index (χ3v) is 2.26. The van der Waals surface area contributed by atoms with Crippen LogP contribution in [0, 0.1) is 11.8 Å². The van der Waals surface area contributed by atoms with E-state index in [1.165, 1.54) is 0 Å². The van der Waals surface area contributed by atoms with Crippen LogP contribution in [0.3, 0.4) is 0 Å². The van der Waals surface area contributed by atoms with Crippen molar-refractivity contribution in [3.8, 4) is 11.8 Å². The number of nitrogens with one attached hydrogen (secondary N) is 1. The summed E-state index contributed by atoms with van der Waals surface area (Å²) in [5, 5.41) is 20.2. The van der Waals surface area contributed by atoms with E-state index in [4.69, 9.17) is 4.74 Å². The Morgan fingerprint density at radius 1 is 1.32 bits per heavy atom. The van der Waals surface area contributed by atoms with Gasteiger partial charge >= 0.3 is 6.09 Å². The van der Waals surface area contributed by atoms with Crippen molar-refractivity contribution in [1.29, 1.82) is 0 Å². The lowest BCUT2D eigenvalue weighted by Crippen LogP contribution is -2.27. The van der Waals surface area contributed by atoms with Gasteiger partial charge in [-0.25, -0.2) is 4.79 Å². The maximum atomic E-state index is 11.5. The van der Waals surface area contributed by atoms with Crippen LogP contribution in [-0.4, -0.2) is 32.6 Å². The second kappa shape index (κ2) is 5.55. The molecule has 1 amide bonds. The highest BCUT2D eigenvalue weighted by atomic mass is 32.1. The molecule has 0 spiro atoms. The Hall–Kier alpha value is -1.65. The molecule has 0 saturated carbocycles. The molecule has 0 aliphatic carbocycles. The van der Waals surface area contributed by atoms with Crippen LogP contribution in [0.25, 0.3) is 0 Å². The number of amides is 1. The van der Waals surface area contributed by atoms with Gasteiger partial charge in [0.15, 0.2) is 5.01 Å². The minimum Gasteiger partial charge on any atom is -0.444 e. The molecule has 2 N–H and O–H groups in total. The minimum absolute atomic E-state index is 0.300. The monoisotopic (exact) mass is 283 g/mol. The van der Waals surface area contributed by atoms with Gasteiger partial charge in [0.25, 0.3) is 0 Å². The summed E-state index contributed by atoms with van der Waals surface area (Å²) in [7, 11) is 0. The van der Waals surface area contributed by atoms with Gasteiger partial charge in [-0.15, -0.1) is 10.2 Å². The third-order valence-electron chi connectivity index (χ3n) is 1.51. The SMILES string of the molecule is CC(C)(O)C#Cc1nnc(NC(=O)OC(C)(C)C)s1. The van der Waals surface area contributed by atoms with E-state index in [-0.39, 0.29) is 0 Å². The van der Waals surface area contributed by atoms with Crippen molar-refractivity contribution in [3.63, 3.8) is 0 Å². The summed E-state index contributed by atoms with van der Waals surface area (Å²) in [5.41, 5.74) is -1.66. The predicted molar refractivity (Wildman–Crippen MR) is 72.9 cm³/mol. The third kappa shape index (κ3) is 6.74. The lowest BCUT2D eigenvalue weighted by atomic mass is 10.1. The normalized spacial score (nSPS) is 11.5. The average Bonchev–Trinajstić information content (AvgIpc) is 2.58. The Balaban J connectivity index is 2.65. The molecule has 0 saturated heterocycles. The number of hydrogen-bond donors (Lipinski definition) is 2. The summed E-state index contributed by atoms with van der Waals surface area (Å²) in [5.74, 6) is 5.29. The number of ether oxygens (including phenoxy) is 1. The Morgan fingerprint density at radius 2 is 1.95 bits per heavy atom. The lowest BCUT2D eigenvalue weighted by molar-refractivity contribution is 0.0635. The van der Waals surface area contributed by atoms with Gasteiger partial charge in [-0.05, 0) is 40.5 Å². The highest BCUT2D eigenvalue weighted by molar-refractivity contribution is 7.15. The summed E-state index contributed by atoms with van der Waals surface area (Å²) in [6.45, 7) is 8.45. The van der Waals surface area contributed by atoms with Crippen molar-refractivity contribution in [2.24, 2.45) is 0 Å². The smallest absolute Gasteiger partial charge is 0.414 e. The molecular weight excluding hydrogens is 266 g/mol. The minimum atomic E-state index is -1.09. The van der Waals surface area contributed by atoms with E-state index in [9.17, 15) is 9.90 Å². The summed E-state index contributed by atoms with van der Waals surface area (Å²) >= 11 is 1.11. The van der Waals surface area contributed by atoms with Gasteiger partial charge in [0.05, 0.1) is 0 Å². The highest BCUT2D eigenvalue weighted by Crippen LogP contribution is 2.16. The van der Waals surface area contributed by atoms with E-state index in [1.807, 2.05) is 0 Å². The first kappa shape index (κ1) is 15.4. The van der Waals surface area contributed by atoms with Crippen LogP contribution in [0.15, 0.2) is 0 Å². The standard InChI is InChI=1S/C12H17N3O3S/c1-11(2,3)18-10(16)13-9-15-14-8(19-9)6-7-12(4,5)17/h17H,1-5H3,(H,13,15,16). The van der Waals surface area contributed by atoms with Gasteiger partial charge < -0.3 is 9.84 Å². The largest absolute Gasteiger partial charge is 0.444 e. The van der Waals surface area contributed by atoms with Crippen LogP contribution in [0.4, 0.5) is 9.93 Å². The molecule has 1 heterocycles. The van der Waals surface area contributed by atoms with Crippen LogP contribution in [0.5, 0.6) is 0 Å². The molecule has 1 rings (SSSR count). The molecule has 19 heavy (non-hydrogen) atoms. The summed E-state index contributed by atoms with van der Waals surface area (Å²) in [4.78, 5) is 11.5. The molecule has 0 fully saturated rings.